The van der Waals surface area contributed by atoms with Gasteiger partial charge in [-0.1, -0.05) is 32.8 Å². The Morgan fingerprint density at radius 2 is 2.10 bits per heavy atom. The molecule has 0 spiro atoms. The van der Waals surface area contributed by atoms with Crippen molar-refractivity contribution < 1.29 is 9.78 Å². The van der Waals surface area contributed by atoms with Crippen LogP contribution < -0.4 is 0 Å². The van der Waals surface area contributed by atoms with E-state index in [0.717, 1.165) is 6.42 Å². The van der Waals surface area contributed by atoms with Gasteiger partial charge in [-0.2, -0.15) is 4.89 Å². The van der Waals surface area contributed by atoms with E-state index in [0.29, 0.717) is 6.61 Å². The quantitative estimate of drug-likeness (QED) is 0.237. The van der Waals surface area contributed by atoms with Gasteiger partial charge in [0.2, 0.25) is 0 Å². The fraction of sp³-hybridized carbons (Fsp3) is 0.750. The molecule has 0 saturated heterocycles. The SMILES string of the molecule is C=COOCCCCCC. The maximum atomic E-state index is 4.71. The Labute approximate surface area is 62.8 Å². The van der Waals surface area contributed by atoms with Crippen LogP contribution in [0.15, 0.2) is 12.8 Å². The third-order valence-corrected chi connectivity index (χ3v) is 1.22. The Hall–Kier alpha value is -0.500. The van der Waals surface area contributed by atoms with Gasteiger partial charge in [0.1, 0.15) is 6.26 Å². The van der Waals surface area contributed by atoms with Crippen molar-refractivity contribution in [3.05, 3.63) is 12.8 Å². The molecule has 0 rings (SSSR count). The van der Waals surface area contributed by atoms with Crippen molar-refractivity contribution in [2.24, 2.45) is 0 Å². The molecule has 0 amide bonds. The summed E-state index contributed by atoms with van der Waals surface area (Å²) in [7, 11) is 0. The number of unbranched alkanes of at least 4 members (excludes halogenated alkanes) is 3. The maximum Gasteiger partial charge on any atom is 0.122 e. The second-order valence-electron chi connectivity index (χ2n) is 2.15. The highest BCUT2D eigenvalue weighted by atomic mass is 17.2. The van der Waals surface area contributed by atoms with E-state index in [2.05, 4.69) is 18.4 Å². The normalized spacial score (nSPS) is 9.30. The standard InChI is InChI=1S/C8H16O2/c1-3-5-6-7-8-10-9-4-2/h4H,2-3,5-8H2,1H3. The summed E-state index contributed by atoms with van der Waals surface area (Å²) in [5.74, 6) is 0. The van der Waals surface area contributed by atoms with E-state index in [1.165, 1.54) is 25.5 Å². The second-order valence-corrected chi connectivity index (χ2v) is 2.15. The number of hydrogen-bond acceptors (Lipinski definition) is 2. The zero-order valence-electron chi connectivity index (χ0n) is 6.64. The molecule has 0 fully saturated rings. The lowest BCUT2D eigenvalue weighted by Gasteiger charge is -1.98. The average molecular weight is 144 g/mol. The average Bonchev–Trinajstić information content (AvgIpc) is 1.97. The highest BCUT2D eigenvalue weighted by Crippen LogP contribution is 1.98. The summed E-state index contributed by atoms with van der Waals surface area (Å²) in [4.78, 5) is 9.19. The van der Waals surface area contributed by atoms with Gasteiger partial charge >= 0.3 is 0 Å². The fourth-order valence-electron chi connectivity index (χ4n) is 0.684. The predicted molar refractivity (Wildman–Crippen MR) is 41.4 cm³/mol. The van der Waals surface area contributed by atoms with E-state index in [1.54, 1.807) is 0 Å². The third-order valence-electron chi connectivity index (χ3n) is 1.22. The predicted octanol–water partition coefficient (Wildman–Crippen LogP) is 2.66. The molecular weight excluding hydrogens is 128 g/mol. The summed E-state index contributed by atoms with van der Waals surface area (Å²) in [5.41, 5.74) is 0. The first kappa shape index (κ1) is 9.50. The van der Waals surface area contributed by atoms with E-state index in [1.807, 2.05) is 0 Å². The van der Waals surface area contributed by atoms with E-state index in [9.17, 15) is 0 Å². The van der Waals surface area contributed by atoms with Gasteiger partial charge in [-0.15, -0.1) is 0 Å². The van der Waals surface area contributed by atoms with Crippen molar-refractivity contribution in [2.45, 2.75) is 32.6 Å². The van der Waals surface area contributed by atoms with Gasteiger partial charge in [0.25, 0.3) is 0 Å². The van der Waals surface area contributed by atoms with Crippen LogP contribution in [0.2, 0.25) is 0 Å². The molecule has 0 saturated carbocycles. The maximum absolute atomic E-state index is 4.71. The number of hydrogen-bond donors (Lipinski definition) is 0. The monoisotopic (exact) mass is 144 g/mol. The van der Waals surface area contributed by atoms with Crippen LogP contribution in [-0.4, -0.2) is 6.61 Å². The summed E-state index contributed by atoms with van der Waals surface area (Å²) < 4.78 is 0. The molecule has 0 atom stereocenters. The van der Waals surface area contributed by atoms with Crippen LogP contribution in [0.4, 0.5) is 0 Å². The minimum Gasteiger partial charge on any atom is -0.346 e. The highest BCUT2D eigenvalue weighted by molar-refractivity contribution is 4.43. The molecule has 60 valence electrons. The molecule has 0 aliphatic carbocycles. The first-order valence-electron chi connectivity index (χ1n) is 3.81. The van der Waals surface area contributed by atoms with Crippen LogP contribution in [0.1, 0.15) is 32.6 Å². The molecule has 0 N–H and O–H groups in total. The van der Waals surface area contributed by atoms with Crippen LogP contribution in [0.5, 0.6) is 0 Å². The highest BCUT2D eigenvalue weighted by Gasteiger charge is 1.86. The molecule has 0 radical (unpaired) electrons. The summed E-state index contributed by atoms with van der Waals surface area (Å²) >= 11 is 0. The smallest absolute Gasteiger partial charge is 0.122 e. The van der Waals surface area contributed by atoms with Gasteiger partial charge in [0.15, 0.2) is 0 Å². The summed E-state index contributed by atoms with van der Waals surface area (Å²) in [5, 5.41) is 0. The molecule has 0 aromatic heterocycles. The van der Waals surface area contributed by atoms with Crippen molar-refractivity contribution in [3.63, 3.8) is 0 Å². The molecule has 0 aliphatic heterocycles. The second kappa shape index (κ2) is 8.50. The zero-order valence-corrected chi connectivity index (χ0v) is 6.64. The fourth-order valence-corrected chi connectivity index (χ4v) is 0.684. The van der Waals surface area contributed by atoms with Gasteiger partial charge < -0.3 is 4.89 Å². The van der Waals surface area contributed by atoms with Crippen LogP contribution in [0, 0.1) is 0 Å². The lowest BCUT2D eigenvalue weighted by atomic mass is 10.2. The van der Waals surface area contributed by atoms with Crippen molar-refractivity contribution in [1.82, 2.24) is 0 Å². The topological polar surface area (TPSA) is 18.5 Å². The first-order valence-corrected chi connectivity index (χ1v) is 3.81. The molecule has 2 heteroatoms. The molecule has 0 aromatic rings. The lowest BCUT2D eigenvalue weighted by molar-refractivity contribution is -0.248. The minimum absolute atomic E-state index is 0.673. The summed E-state index contributed by atoms with van der Waals surface area (Å²) in [6.07, 6.45) is 6.11. The van der Waals surface area contributed by atoms with Gasteiger partial charge in [-0.05, 0) is 6.42 Å². The lowest BCUT2D eigenvalue weighted by Crippen LogP contribution is -1.91. The molecule has 0 heterocycles. The molecule has 10 heavy (non-hydrogen) atoms. The van der Waals surface area contributed by atoms with Crippen molar-refractivity contribution in [2.75, 3.05) is 6.61 Å². The van der Waals surface area contributed by atoms with E-state index in [-0.39, 0.29) is 0 Å². The van der Waals surface area contributed by atoms with Crippen LogP contribution in [0.3, 0.4) is 0 Å². The van der Waals surface area contributed by atoms with Gasteiger partial charge in [0, 0.05) is 0 Å². The third kappa shape index (κ3) is 7.50. The molecular formula is C8H16O2. The van der Waals surface area contributed by atoms with E-state index in [4.69, 9.17) is 4.89 Å². The van der Waals surface area contributed by atoms with Crippen LogP contribution in [-0.2, 0) is 9.78 Å². The Morgan fingerprint density at radius 1 is 1.30 bits per heavy atom. The summed E-state index contributed by atoms with van der Waals surface area (Å²) in [6.45, 7) is 6.20. The Balaban J connectivity index is 2.70. The molecule has 0 aromatic carbocycles. The van der Waals surface area contributed by atoms with Crippen molar-refractivity contribution in [3.8, 4) is 0 Å². The molecule has 2 nitrogen and oxygen atoms in total. The van der Waals surface area contributed by atoms with Crippen LogP contribution >= 0.6 is 0 Å². The van der Waals surface area contributed by atoms with E-state index >= 15 is 0 Å². The van der Waals surface area contributed by atoms with Crippen molar-refractivity contribution in [1.29, 1.82) is 0 Å². The van der Waals surface area contributed by atoms with Gasteiger partial charge in [-0.3, -0.25) is 0 Å². The molecule has 0 unspecified atom stereocenters. The molecule has 0 aliphatic rings. The Bertz CT molecular complexity index is 71.7. The summed E-state index contributed by atoms with van der Waals surface area (Å²) in [6, 6.07) is 0. The Kier molecular flexibility index (Phi) is 8.07. The largest absolute Gasteiger partial charge is 0.346 e. The number of rotatable bonds is 7. The zero-order chi connectivity index (χ0) is 7.66. The minimum atomic E-state index is 0.673. The Morgan fingerprint density at radius 3 is 2.70 bits per heavy atom. The van der Waals surface area contributed by atoms with Crippen molar-refractivity contribution >= 4 is 0 Å². The van der Waals surface area contributed by atoms with Gasteiger partial charge in [0.05, 0.1) is 6.61 Å². The van der Waals surface area contributed by atoms with E-state index < -0.39 is 0 Å². The van der Waals surface area contributed by atoms with Gasteiger partial charge in [-0.25, -0.2) is 0 Å². The van der Waals surface area contributed by atoms with Crippen LogP contribution in [0.25, 0.3) is 0 Å². The molecule has 0 bridgehead atoms. The first-order chi connectivity index (χ1) is 4.91.